The van der Waals surface area contributed by atoms with Crippen molar-refractivity contribution >= 4 is 5.82 Å². The van der Waals surface area contributed by atoms with Gasteiger partial charge in [-0.3, -0.25) is 4.68 Å². The van der Waals surface area contributed by atoms with Gasteiger partial charge in [0, 0.05) is 25.4 Å². The van der Waals surface area contributed by atoms with Gasteiger partial charge >= 0.3 is 6.18 Å². The predicted octanol–water partition coefficient (Wildman–Crippen LogP) is 2.79. The summed E-state index contributed by atoms with van der Waals surface area (Å²) in [5.74, 6) is 0.541. The highest BCUT2D eigenvalue weighted by Crippen LogP contribution is 2.36. The van der Waals surface area contributed by atoms with Crippen LogP contribution in [0.1, 0.15) is 18.4 Å². The van der Waals surface area contributed by atoms with Gasteiger partial charge < -0.3 is 10.6 Å². The van der Waals surface area contributed by atoms with Crippen molar-refractivity contribution in [2.45, 2.75) is 31.1 Å². The maximum Gasteiger partial charge on any atom is 0.408 e. The van der Waals surface area contributed by atoms with Crippen molar-refractivity contribution < 1.29 is 13.2 Å². The van der Waals surface area contributed by atoms with Crippen LogP contribution < -0.4 is 10.6 Å². The van der Waals surface area contributed by atoms with Crippen molar-refractivity contribution in [3.8, 4) is 0 Å². The predicted molar refractivity (Wildman–Crippen MR) is 82.2 cm³/mol. The number of alkyl halides is 3. The molecule has 0 amide bonds. The number of anilines is 1. The van der Waals surface area contributed by atoms with Crippen molar-refractivity contribution in [1.82, 2.24) is 9.78 Å². The lowest BCUT2D eigenvalue weighted by molar-refractivity contribution is -0.187. The molecule has 7 heteroatoms. The Hall–Kier alpha value is -2.02. The average molecular weight is 324 g/mol. The molecule has 0 aliphatic carbocycles. The second kappa shape index (κ2) is 5.88. The van der Waals surface area contributed by atoms with Gasteiger partial charge in [0.05, 0.1) is 6.54 Å². The number of aromatic nitrogens is 2. The van der Waals surface area contributed by atoms with Gasteiger partial charge in [-0.15, -0.1) is 0 Å². The first-order chi connectivity index (χ1) is 10.9. The van der Waals surface area contributed by atoms with Crippen LogP contribution >= 0.6 is 0 Å². The third-order valence-corrected chi connectivity index (χ3v) is 4.23. The molecule has 1 aliphatic rings. The second-order valence-electron chi connectivity index (χ2n) is 6.04. The first-order valence-electron chi connectivity index (χ1n) is 7.55. The SMILES string of the molecule is NC1(C(F)(F)F)CCCN(c2ccn(Cc3ccccc3)n2)C1. The highest BCUT2D eigenvalue weighted by atomic mass is 19.4. The van der Waals surface area contributed by atoms with Crippen molar-refractivity contribution in [3.05, 3.63) is 48.2 Å². The minimum atomic E-state index is -4.40. The molecule has 2 heterocycles. The Balaban J connectivity index is 1.73. The molecule has 1 aromatic heterocycles. The van der Waals surface area contributed by atoms with E-state index >= 15 is 0 Å². The van der Waals surface area contributed by atoms with Crippen LogP contribution in [0.4, 0.5) is 19.0 Å². The molecule has 1 saturated heterocycles. The highest BCUT2D eigenvalue weighted by Gasteiger charge is 2.53. The fourth-order valence-electron chi connectivity index (χ4n) is 2.89. The summed E-state index contributed by atoms with van der Waals surface area (Å²) in [5.41, 5.74) is 4.52. The molecule has 1 aromatic carbocycles. The van der Waals surface area contributed by atoms with Crippen molar-refractivity contribution in [3.63, 3.8) is 0 Å². The van der Waals surface area contributed by atoms with Gasteiger partial charge in [0.15, 0.2) is 5.82 Å². The van der Waals surface area contributed by atoms with Crippen molar-refractivity contribution in [1.29, 1.82) is 0 Å². The van der Waals surface area contributed by atoms with E-state index < -0.39 is 11.7 Å². The van der Waals surface area contributed by atoms with E-state index in [4.69, 9.17) is 5.73 Å². The van der Waals surface area contributed by atoms with Gasteiger partial charge in [0.25, 0.3) is 0 Å². The standard InChI is InChI=1S/C16H19F3N4/c17-16(18,19)15(20)8-4-9-22(12-15)14-7-10-23(21-14)11-13-5-2-1-3-6-13/h1-3,5-7,10H,4,8-9,11-12,20H2. The summed E-state index contributed by atoms with van der Waals surface area (Å²) in [4.78, 5) is 1.62. The van der Waals surface area contributed by atoms with E-state index in [1.54, 1.807) is 21.8 Å². The highest BCUT2D eigenvalue weighted by molar-refractivity contribution is 5.39. The number of nitrogens with zero attached hydrogens (tertiary/aromatic N) is 3. The monoisotopic (exact) mass is 324 g/mol. The maximum atomic E-state index is 13.1. The second-order valence-corrected chi connectivity index (χ2v) is 6.04. The lowest BCUT2D eigenvalue weighted by atomic mass is 9.89. The third-order valence-electron chi connectivity index (χ3n) is 4.23. The number of rotatable bonds is 3. The molecule has 1 fully saturated rings. The van der Waals surface area contributed by atoms with Crippen LogP contribution in [-0.4, -0.2) is 34.6 Å². The van der Waals surface area contributed by atoms with Gasteiger partial charge in [-0.1, -0.05) is 30.3 Å². The molecule has 0 bridgehead atoms. The topological polar surface area (TPSA) is 47.1 Å². The van der Waals surface area contributed by atoms with Gasteiger partial charge in [-0.25, -0.2) is 0 Å². The number of hydrogen-bond donors (Lipinski definition) is 1. The summed E-state index contributed by atoms with van der Waals surface area (Å²) >= 11 is 0. The van der Waals surface area contributed by atoms with Gasteiger partial charge in [0.1, 0.15) is 5.54 Å². The summed E-state index contributed by atoms with van der Waals surface area (Å²) in [5, 5.41) is 4.40. The maximum absolute atomic E-state index is 13.1. The fraction of sp³-hybridized carbons (Fsp3) is 0.438. The number of benzene rings is 1. The zero-order valence-corrected chi connectivity index (χ0v) is 12.6. The molecule has 4 nitrogen and oxygen atoms in total. The van der Waals surface area contributed by atoms with Crippen LogP contribution in [0.25, 0.3) is 0 Å². The van der Waals surface area contributed by atoms with E-state index in [1.165, 1.54) is 0 Å². The fourth-order valence-corrected chi connectivity index (χ4v) is 2.89. The zero-order chi connectivity index (χ0) is 16.5. The Morgan fingerprint density at radius 2 is 1.91 bits per heavy atom. The zero-order valence-electron chi connectivity index (χ0n) is 12.6. The molecule has 124 valence electrons. The van der Waals surface area contributed by atoms with Crippen LogP contribution in [0.2, 0.25) is 0 Å². The molecule has 2 N–H and O–H groups in total. The molecule has 23 heavy (non-hydrogen) atoms. The first-order valence-corrected chi connectivity index (χ1v) is 7.55. The van der Waals surface area contributed by atoms with E-state index in [0.29, 0.717) is 25.3 Å². The van der Waals surface area contributed by atoms with E-state index in [2.05, 4.69) is 5.10 Å². The largest absolute Gasteiger partial charge is 0.408 e. The van der Waals surface area contributed by atoms with E-state index in [-0.39, 0.29) is 13.0 Å². The lowest BCUT2D eigenvalue weighted by Gasteiger charge is -2.41. The Morgan fingerprint density at radius 1 is 1.17 bits per heavy atom. The molecule has 1 unspecified atom stereocenters. The molecule has 3 rings (SSSR count). The number of piperidine rings is 1. The van der Waals surface area contributed by atoms with Crippen LogP contribution in [0.15, 0.2) is 42.6 Å². The molecule has 1 atom stereocenters. The van der Waals surface area contributed by atoms with Crippen molar-refractivity contribution in [2.75, 3.05) is 18.0 Å². The number of hydrogen-bond acceptors (Lipinski definition) is 3. The quantitative estimate of drug-likeness (QED) is 0.944. The Morgan fingerprint density at radius 3 is 2.61 bits per heavy atom. The van der Waals surface area contributed by atoms with Crippen LogP contribution in [0.5, 0.6) is 0 Å². The first kappa shape index (κ1) is 15.9. The van der Waals surface area contributed by atoms with Crippen LogP contribution in [-0.2, 0) is 6.54 Å². The minimum absolute atomic E-state index is 0.0439. The molecular formula is C16H19F3N4. The third kappa shape index (κ3) is 3.34. The Bertz CT molecular complexity index is 653. The molecule has 0 saturated carbocycles. The smallest absolute Gasteiger partial charge is 0.353 e. The van der Waals surface area contributed by atoms with Crippen LogP contribution in [0.3, 0.4) is 0 Å². The summed E-state index contributed by atoms with van der Waals surface area (Å²) in [7, 11) is 0. The average Bonchev–Trinajstić information content (AvgIpc) is 2.96. The summed E-state index contributed by atoms with van der Waals surface area (Å²) < 4.78 is 41.1. The summed E-state index contributed by atoms with van der Waals surface area (Å²) in [6.07, 6.45) is -2.26. The van der Waals surface area contributed by atoms with E-state index in [0.717, 1.165) is 5.56 Å². The summed E-state index contributed by atoms with van der Waals surface area (Å²) in [6, 6.07) is 11.5. The van der Waals surface area contributed by atoms with Crippen molar-refractivity contribution in [2.24, 2.45) is 5.73 Å². The minimum Gasteiger partial charge on any atom is -0.353 e. The summed E-state index contributed by atoms with van der Waals surface area (Å²) in [6.45, 7) is 0.873. The van der Waals surface area contributed by atoms with Gasteiger partial charge in [-0.2, -0.15) is 18.3 Å². The van der Waals surface area contributed by atoms with Gasteiger partial charge in [0.2, 0.25) is 0 Å². The molecular weight excluding hydrogens is 305 g/mol. The van der Waals surface area contributed by atoms with E-state index in [1.807, 2.05) is 30.3 Å². The Kier molecular flexibility index (Phi) is 4.06. The number of halogens is 3. The lowest BCUT2D eigenvalue weighted by Crippen LogP contribution is -2.63. The van der Waals surface area contributed by atoms with Gasteiger partial charge in [-0.05, 0) is 18.4 Å². The molecule has 1 aliphatic heterocycles. The van der Waals surface area contributed by atoms with Crippen LogP contribution in [0, 0.1) is 0 Å². The normalized spacial score (nSPS) is 22.3. The Labute approximate surface area is 132 Å². The molecule has 0 radical (unpaired) electrons. The molecule has 0 spiro atoms. The number of nitrogens with two attached hydrogens (primary N) is 1. The van der Waals surface area contributed by atoms with E-state index in [9.17, 15) is 13.2 Å². The molecule has 2 aromatic rings.